The predicted molar refractivity (Wildman–Crippen MR) is 63.1 cm³/mol. The molecule has 0 bridgehead atoms. The van der Waals surface area contributed by atoms with Crippen LogP contribution in [0.4, 0.5) is 5.82 Å². The fourth-order valence-electron chi connectivity index (χ4n) is 2.01. The van der Waals surface area contributed by atoms with Crippen molar-refractivity contribution in [1.82, 2.24) is 14.7 Å². The Balaban J connectivity index is 1.95. The first-order valence-corrected chi connectivity index (χ1v) is 5.90. The van der Waals surface area contributed by atoms with Crippen molar-refractivity contribution in [3.8, 4) is 0 Å². The van der Waals surface area contributed by atoms with E-state index in [4.69, 9.17) is 10.8 Å². The van der Waals surface area contributed by atoms with Crippen molar-refractivity contribution in [1.29, 1.82) is 0 Å². The number of rotatable bonds is 5. The number of aliphatic hydroxyl groups excluding tert-OH is 1. The smallest absolute Gasteiger partial charge is 0.244 e. The van der Waals surface area contributed by atoms with E-state index in [1.54, 1.807) is 17.2 Å². The second-order valence-corrected chi connectivity index (χ2v) is 4.33. The van der Waals surface area contributed by atoms with E-state index in [9.17, 15) is 4.79 Å². The van der Waals surface area contributed by atoms with Crippen LogP contribution in [0, 0.1) is 0 Å². The molecule has 2 rings (SSSR count). The first-order valence-electron chi connectivity index (χ1n) is 5.90. The van der Waals surface area contributed by atoms with Crippen molar-refractivity contribution < 1.29 is 9.90 Å². The van der Waals surface area contributed by atoms with Crippen molar-refractivity contribution in [2.45, 2.75) is 31.8 Å². The van der Waals surface area contributed by atoms with E-state index in [1.165, 1.54) is 4.68 Å². The third kappa shape index (κ3) is 2.76. The summed E-state index contributed by atoms with van der Waals surface area (Å²) in [5, 5.41) is 13.0. The Morgan fingerprint density at radius 1 is 1.65 bits per heavy atom. The molecule has 3 N–H and O–H groups in total. The summed E-state index contributed by atoms with van der Waals surface area (Å²) >= 11 is 0. The van der Waals surface area contributed by atoms with Gasteiger partial charge in [-0.2, -0.15) is 5.10 Å². The molecule has 1 heterocycles. The summed E-state index contributed by atoms with van der Waals surface area (Å²) in [5.41, 5.74) is 5.49. The molecule has 6 nitrogen and oxygen atoms in total. The maximum absolute atomic E-state index is 12.1. The van der Waals surface area contributed by atoms with Gasteiger partial charge in [-0.25, -0.2) is 0 Å². The minimum absolute atomic E-state index is 0.00346. The molecule has 1 aromatic rings. The number of nitrogens with two attached hydrogens (primary N) is 1. The average Bonchev–Trinajstić information content (AvgIpc) is 2.60. The molecule has 6 heteroatoms. The maximum atomic E-state index is 12.1. The van der Waals surface area contributed by atoms with Gasteiger partial charge in [-0.05, 0) is 25.3 Å². The zero-order valence-electron chi connectivity index (χ0n) is 9.75. The molecule has 0 aliphatic heterocycles. The number of carbonyl (C=O) groups is 1. The van der Waals surface area contributed by atoms with Crippen LogP contribution in [-0.4, -0.2) is 44.9 Å². The molecular weight excluding hydrogens is 220 g/mol. The van der Waals surface area contributed by atoms with Crippen LogP contribution in [0.15, 0.2) is 12.3 Å². The number of anilines is 1. The lowest BCUT2D eigenvalue weighted by Gasteiger charge is -2.37. The summed E-state index contributed by atoms with van der Waals surface area (Å²) in [6, 6.07) is 1.95. The Morgan fingerprint density at radius 2 is 2.41 bits per heavy atom. The van der Waals surface area contributed by atoms with Gasteiger partial charge in [-0.3, -0.25) is 9.48 Å². The number of hydrogen-bond acceptors (Lipinski definition) is 4. The van der Waals surface area contributed by atoms with Crippen LogP contribution < -0.4 is 5.73 Å². The Hall–Kier alpha value is -1.56. The highest BCUT2D eigenvalue weighted by Gasteiger charge is 2.28. The average molecular weight is 238 g/mol. The lowest BCUT2D eigenvalue weighted by molar-refractivity contribution is -0.136. The molecule has 0 unspecified atom stereocenters. The van der Waals surface area contributed by atoms with E-state index >= 15 is 0 Å². The molecule has 1 aromatic heterocycles. The predicted octanol–water partition coefficient (Wildman–Crippen LogP) is -0.161. The Morgan fingerprint density at radius 3 is 2.88 bits per heavy atom. The lowest BCUT2D eigenvalue weighted by Crippen LogP contribution is -2.47. The highest BCUT2D eigenvalue weighted by molar-refractivity contribution is 5.76. The first-order chi connectivity index (χ1) is 8.20. The normalized spacial score (nSPS) is 15.6. The standard InChI is InChI=1S/C11H18N4O2/c12-10-4-5-14(13-10)8-11(17)15(6-7-16)9-2-1-3-9/h4-5,9,16H,1-3,6-8H2,(H2,12,13). The molecule has 0 spiro atoms. The number of amides is 1. The zero-order valence-corrected chi connectivity index (χ0v) is 9.75. The molecule has 0 radical (unpaired) electrons. The van der Waals surface area contributed by atoms with Crippen LogP contribution in [0.25, 0.3) is 0 Å². The third-order valence-electron chi connectivity index (χ3n) is 3.14. The van der Waals surface area contributed by atoms with Crippen LogP contribution in [0.2, 0.25) is 0 Å². The summed E-state index contributed by atoms with van der Waals surface area (Å²) in [6.07, 6.45) is 4.92. The van der Waals surface area contributed by atoms with Gasteiger partial charge in [-0.15, -0.1) is 0 Å². The maximum Gasteiger partial charge on any atom is 0.244 e. The molecule has 17 heavy (non-hydrogen) atoms. The fourth-order valence-corrected chi connectivity index (χ4v) is 2.01. The van der Waals surface area contributed by atoms with Crippen molar-refractivity contribution >= 4 is 11.7 Å². The number of nitrogen functional groups attached to an aromatic ring is 1. The van der Waals surface area contributed by atoms with Gasteiger partial charge < -0.3 is 15.7 Å². The number of nitrogens with zero attached hydrogens (tertiary/aromatic N) is 3. The molecule has 1 saturated carbocycles. The second-order valence-electron chi connectivity index (χ2n) is 4.33. The van der Waals surface area contributed by atoms with E-state index < -0.39 is 0 Å². The van der Waals surface area contributed by atoms with Gasteiger partial charge >= 0.3 is 0 Å². The van der Waals surface area contributed by atoms with Gasteiger partial charge in [0.05, 0.1) is 6.61 Å². The molecule has 0 aromatic carbocycles. The van der Waals surface area contributed by atoms with Gasteiger partial charge in [-0.1, -0.05) is 0 Å². The van der Waals surface area contributed by atoms with Crippen LogP contribution in [-0.2, 0) is 11.3 Å². The van der Waals surface area contributed by atoms with E-state index in [0.717, 1.165) is 19.3 Å². The highest BCUT2D eigenvalue weighted by atomic mass is 16.3. The van der Waals surface area contributed by atoms with E-state index in [0.29, 0.717) is 18.4 Å². The monoisotopic (exact) mass is 238 g/mol. The molecule has 1 fully saturated rings. The summed E-state index contributed by atoms with van der Waals surface area (Å²) < 4.78 is 1.53. The Kier molecular flexibility index (Phi) is 3.63. The van der Waals surface area contributed by atoms with Crippen molar-refractivity contribution in [3.05, 3.63) is 12.3 Å². The van der Waals surface area contributed by atoms with Gasteiger partial charge in [0.2, 0.25) is 5.91 Å². The molecule has 1 aliphatic carbocycles. The van der Waals surface area contributed by atoms with Gasteiger partial charge in [0, 0.05) is 18.8 Å². The molecule has 94 valence electrons. The van der Waals surface area contributed by atoms with E-state index in [1.807, 2.05) is 0 Å². The topological polar surface area (TPSA) is 84.4 Å². The number of hydrogen-bond donors (Lipinski definition) is 2. The third-order valence-corrected chi connectivity index (χ3v) is 3.14. The fraction of sp³-hybridized carbons (Fsp3) is 0.636. The molecule has 0 saturated heterocycles. The lowest BCUT2D eigenvalue weighted by atomic mass is 9.91. The largest absolute Gasteiger partial charge is 0.395 e. The second kappa shape index (κ2) is 5.18. The zero-order chi connectivity index (χ0) is 12.3. The van der Waals surface area contributed by atoms with Gasteiger partial charge in [0.1, 0.15) is 12.4 Å². The Labute approximate surface area is 100 Å². The summed E-state index contributed by atoms with van der Waals surface area (Å²) in [4.78, 5) is 13.8. The minimum Gasteiger partial charge on any atom is -0.395 e. The number of aromatic nitrogens is 2. The van der Waals surface area contributed by atoms with Crippen molar-refractivity contribution in [3.63, 3.8) is 0 Å². The van der Waals surface area contributed by atoms with Crippen LogP contribution in [0.5, 0.6) is 0 Å². The van der Waals surface area contributed by atoms with E-state index in [2.05, 4.69) is 5.10 Å². The van der Waals surface area contributed by atoms with Crippen molar-refractivity contribution in [2.24, 2.45) is 0 Å². The summed E-state index contributed by atoms with van der Waals surface area (Å²) in [7, 11) is 0. The number of aliphatic hydroxyl groups is 1. The number of carbonyl (C=O) groups excluding carboxylic acids is 1. The minimum atomic E-state index is -0.00755. The van der Waals surface area contributed by atoms with Crippen LogP contribution >= 0.6 is 0 Å². The molecule has 0 atom stereocenters. The Bertz CT molecular complexity index is 387. The van der Waals surface area contributed by atoms with Crippen molar-refractivity contribution in [2.75, 3.05) is 18.9 Å². The summed E-state index contributed by atoms with van der Waals surface area (Å²) in [5.74, 6) is 0.405. The summed E-state index contributed by atoms with van der Waals surface area (Å²) in [6.45, 7) is 0.595. The highest BCUT2D eigenvalue weighted by Crippen LogP contribution is 2.24. The van der Waals surface area contributed by atoms with E-state index in [-0.39, 0.29) is 19.1 Å². The van der Waals surface area contributed by atoms with Gasteiger partial charge in [0.25, 0.3) is 0 Å². The molecular formula is C11H18N4O2. The molecule has 1 aliphatic rings. The molecule has 1 amide bonds. The van der Waals surface area contributed by atoms with Crippen LogP contribution in [0.3, 0.4) is 0 Å². The SMILES string of the molecule is Nc1ccn(CC(=O)N(CCO)C2CCC2)n1. The van der Waals surface area contributed by atoms with Crippen LogP contribution in [0.1, 0.15) is 19.3 Å². The van der Waals surface area contributed by atoms with Gasteiger partial charge in [0.15, 0.2) is 0 Å². The quantitative estimate of drug-likeness (QED) is 0.746. The first kappa shape index (κ1) is 11.9.